The lowest BCUT2D eigenvalue weighted by Gasteiger charge is -2.44. The fraction of sp³-hybridized carbons (Fsp3) is 0.667. The molecule has 2 rings (SSSR count). The molecule has 0 bridgehead atoms. The lowest BCUT2D eigenvalue weighted by Crippen LogP contribution is -2.63. The highest BCUT2D eigenvalue weighted by molar-refractivity contribution is 6.75. The summed E-state index contributed by atoms with van der Waals surface area (Å²) < 4.78 is 47.5. The van der Waals surface area contributed by atoms with E-state index in [1.807, 2.05) is 13.1 Å². The maximum absolute atomic E-state index is 12.7. The quantitative estimate of drug-likeness (QED) is 0.112. The molecule has 0 radical (unpaired) electrons. The minimum absolute atomic E-state index is 0.0432. The van der Waals surface area contributed by atoms with Crippen molar-refractivity contribution >= 4 is 46.8 Å². The molecule has 0 saturated carbocycles. The van der Waals surface area contributed by atoms with Crippen LogP contribution in [-0.4, -0.2) is 84.1 Å². The predicted octanol–water partition coefficient (Wildman–Crippen LogP) is 5.73. The Kier molecular flexibility index (Phi) is 13.1. The molecule has 0 N–H and O–H groups in total. The average molecular weight is 713 g/mol. The number of carbonyl (C=O) groups excluding carboxylic acids is 5. The zero-order valence-corrected chi connectivity index (χ0v) is 32.6. The Morgan fingerprint density at radius 1 is 0.729 bits per heavy atom. The smallest absolute Gasteiger partial charge is 0.303 e. The van der Waals surface area contributed by atoms with Crippen LogP contribution in [0.3, 0.4) is 0 Å². The Bertz CT molecular complexity index is 1360. The highest BCUT2D eigenvalue weighted by Gasteiger charge is 2.54. The van der Waals surface area contributed by atoms with E-state index < -0.39 is 77.8 Å². The van der Waals surface area contributed by atoms with Crippen LogP contribution in [0.5, 0.6) is 17.2 Å². The highest BCUT2D eigenvalue weighted by atomic mass is 28.4. The first-order chi connectivity index (χ1) is 21.8. The Morgan fingerprint density at radius 3 is 1.67 bits per heavy atom. The molecule has 1 aromatic carbocycles. The van der Waals surface area contributed by atoms with Crippen molar-refractivity contribution in [2.24, 2.45) is 0 Å². The van der Waals surface area contributed by atoms with E-state index >= 15 is 0 Å². The molecule has 5 atom stereocenters. The van der Waals surface area contributed by atoms with Crippen LogP contribution in [0.15, 0.2) is 12.1 Å². The molecule has 1 aliphatic heterocycles. The molecule has 1 aromatic rings. The number of esters is 4. The lowest BCUT2D eigenvalue weighted by atomic mass is 9.98. The molecule has 48 heavy (non-hydrogen) atoms. The van der Waals surface area contributed by atoms with Gasteiger partial charge in [-0.15, -0.1) is 0 Å². The topological polar surface area (TPSA) is 159 Å². The summed E-state index contributed by atoms with van der Waals surface area (Å²) in [6.07, 6.45) is -6.57. The van der Waals surface area contributed by atoms with Crippen molar-refractivity contribution < 1.29 is 61.2 Å². The molecule has 1 heterocycles. The number of rotatable bonds is 12. The molecule has 0 spiro atoms. The summed E-state index contributed by atoms with van der Waals surface area (Å²) in [4.78, 5) is 61.3. The summed E-state index contributed by atoms with van der Waals surface area (Å²) >= 11 is 0. The Balaban J connectivity index is 2.83. The van der Waals surface area contributed by atoms with Crippen molar-refractivity contribution in [2.75, 3.05) is 6.61 Å². The third kappa shape index (κ3) is 10.5. The second-order valence-electron chi connectivity index (χ2n) is 14.9. The first-order valence-corrected chi connectivity index (χ1v) is 21.6. The van der Waals surface area contributed by atoms with Crippen LogP contribution in [0.25, 0.3) is 0 Å². The minimum atomic E-state index is -2.59. The number of hydrogen-bond acceptors (Lipinski definition) is 13. The maximum atomic E-state index is 12.7. The maximum Gasteiger partial charge on any atom is 0.303 e. The van der Waals surface area contributed by atoms with Crippen molar-refractivity contribution in [3.63, 3.8) is 0 Å². The molecular formula is C33H52O13Si2. The van der Waals surface area contributed by atoms with Crippen molar-refractivity contribution in [2.45, 2.75) is 136 Å². The summed E-state index contributed by atoms with van der Waals surface area (Å²) in [5.74, 6) is -2.45. The van der Waals surface area contributed by atoms with Crippen molar-refractivity contribution in [3.05, 3.63) is 17.7 Å². The van der Waals surface area contributed by atoms with Crippen LogP contribution in [0, 0.1) is 0 Å². The molecule has 13 nitrogen and oxygen atoms in total. The normalized spacial score (nSPS) is 21.8. The number of carbonyl (C=O) groups is 5. The fourth-order valence-corrected chi connectivity index (χ4v) is 6.24. The van der Waals surface area contributed by atoms with Crippen LogP contribution >= 0.6 is 0 Å². The van der Waals surface area contributed by atoms with Gasteiger partial charge in [0.25, 0.3) is 8.32 Å². The molecule has 15 heteroatoms. The van der Waals surface area contributed by atoms with Gasteiger partial charge in [-0.3, -0.25) is 24.0 Å². The second-order valence-corrected chi connectivity index (χ2v) is 24.3. The summed E-state index contributed by atoms with van der Waals surface area (Å²) in [6, 6.07) is 3.20. The zero-order chi connectivity index (χ0) is 37.0. The van der Waals surface area contributed by atoms with E-state index in [0.717, 1.165) is 20.8 Å². The Labute approximate surface area is 285 Å². The molecule has 1 fully saturated rings. The van der Waals surface area contributed by atoms with Crippen LogP contribution in [0.1, 0.15) is 79.6 Å². The van der Waals surface area contributed by atoms with Gasteiger partial charge in [-0.2, -0.15) is 0 Å². The molecule has 270 valence electrons. The SMILES string of the molecule is CC(=O)OC[C@H]1O[C@@H](Oc2c(C=O)cc(O[Si](C)(C)C(C)(C)C)cc2O[Si](C)(C)C(C)(C)C)[C@H](OC(C)=O)[C@@H](OC(C)=O)[C@@H]1OC(C)=O. The van der Waals surface area contributed by atoms with E-state index in [0.29, 0.717) is 12.0 Å². The number of benzene rings is 1. The molecule has 0 amide bonds. The fourth-order valence-electron chi connectivity index (χ4n) is 4.22. The second kappa shape index (κ2) is 15.4. The third-order valence-corrected chi connectivity index (χ3v) is 17.4. The first kappa shape index (κ1) is 40.7. The van der Waals surface area contributed by atoms with E-state index in [4.69, 9.17) is 37.3 Å². The van der Waals surface area contributed by atoms with Gasteiger partial charge in [-0.25, -0.2) is 0 Å². The van der Waals surface area contributed by atoms with Gasteiger partial charge in [0, 0.05) is 33.8 Å². The van der Waals surface area contributed by atoms with Crippen molar-refractivity contribution in [3.8, 4) is 17.2 Å². The van der Waals surface area contributed by atoms with Gasteiger partial charge < -0.3 is 37.3 Å². The molecule has 0 aromatic heterocycles. The van der Waals surface area contributed by atoms with Gasteiger partial charge in [0.2, 0.25) is 20.7 Å². The van der Waals surface area contributed by atoms with E-state index in [9.17, 15) is 24.0 Å². The van der Waals surface area contributed by atoms with E-state index in [1.54, 1.807) is 6.07 Å². The lowest BCUT2D eigenvalue weighted by molar-refractivity contribution is -0.288. The standard InChI is InChI=1S/C33H52O13Si2/c1-19(35)39-18-26-28(40-20(2)36)29(41-21(3)37)30(42-22(4)38)31(43-26)44-27-23(17-34)15-24(45-47(11,12)32(5,6)7)16-25(27)46-48(13,14)33(8,9)10/h15-17,26,28-31H,18H2,1-14H3/t26-,28-,29+,30-,31+/m1/s1. The Hall–Kier alpha value is -3.44. The zero-order valence-electron chi connectivity index (χ0n) is 30.6. The van der Waals surface area contributed by atoms with Crippen molar-refractivity contribution in [1.29, 1.82) is 0 Å². The molecule has 1 aliphatic rings. The predicted molar refractivity (Wildman–Crippen MR) is 180 cm³/mol. The van der Waals surface area contributed by atoms with Gasteiger partial charge in [0.05, 0.1) is 5.56 Å². The largest absolute Gasteiger partial charge is 0.543 e. The monoisotopic (exact) mass is 712 g/mol. The Morgan fingerprint density at radius 2 is 1.21 bits per heavy atom. The number of aldehydes is 1. The van der Waals surface area contributed by atoms with Gasteiger partial charge in [0.1, 0.15) is 18.5 Å². The van der Waals surface area contributed by atoms with Crippen LogP contribution in [0.2, 0.25) is 36.3 Å². The van der Waals surface area contributed by atoms with Gasteiger partial charge in [-0.05, 0) is 42.3 Å². The molecule has 0 unspecified atom stereocenters. The van der Waals surface area contributed by atoms with E-state index in [1.165, 1.54) is 13.0 Å². The summed E-state index contributed by atoms with van der Waals surface area (Å²) in [6.45, 7) is 24.7. The molecule has 0 aliphatic carbocycles. The van der Waals surface area contributed by atoms with Crippen LogP contribution < -0.4 is 13.6 Å². The minimum Gasteiger partial charge on any atom is -0.543 e. The van der Waals surface area contributed by atoms with Crippen LogP contribution in [0.4, 0.5) is 0 Å². The van der Waals surface area contributed by atoms with Gasteiger partial charge in [-0.1, -0.05) is 41.5 Å². The summed E-state index contributed by atoms with van der Waals surface area (Å²) in [5, 5.41) is -0.422. The van der Waals surface area contributed by atoms with Gasteiger partial charge in [0.15, 0.2) is 30.0 Å². The third-order valence-electron chi connectivity index (χ3n) is 8.72. The highest BCUT2D eigenvalue weighted by Crippen LogP contribution is 2.45. The molecule has 1 saturated heterocycles. The average Bonchev–Trinajstić information content (AvgIpc) is 2.89. The van der Waals surface area contributed by atoms with E-state index in [2.05, 4.69) is 54.6 Å². The summed E-state index contributed by atoms with van der Waals surface area (Å²) in [5.41, 5.74) is 0.0489. The number of ether oxygens (including phenoxy) is 6. The van der Waals surface area contributed by atoms with Gasteiger partial charge >= 0.3 is 23.9 Å². The van der Waals surface area contributed by atoms with Crippen LogP contribution in [-0.2, 0) is 42.9 Å². The van der Waals surface area contributed by atoms with E-state index in [-0.39, 0.29) is 27.1 Å². The number of hydrogen-bond donors (Lipinski definition) is 0. The summed E-state index contributed by atoms with van der Waals surface area (Å²) in [7, 11) is -4.97. The molecular weight excluding hydrogens is 661 g/mol. The first-order valence-electron chi connectivity index (χ1n) is 15.8. The van der Waals surface area contributed by atoms with Crippen molar-refractivity contribution in [1.82, 2.24) is 0 Å².